The van der Waals surface area contributed by atoms with Gasteiger partial charge < -0.3 is 0 Å². The quantitative estimate of drug-likeness (QED) is 0.586. The molecule has 0 aliphatic carbocycles. The Morgan fingerprint density at radius 2 is 1.95 bits per heavy atom. The van der Waals surface area contributed by atoms with Crippen LogP contribution in [-0.4, -0.2) is 11.5 Å². The molecule has 98 valence electrons. The Labute approximate surface area is 123 Å². The van der Waals surface area contributed by atoms with E-state index in [0.717, 1.165) is 16.0 Å². The van der Waals surface area contributed by atoms with Crippen molar-refractivity contribution < 1.29 is 4.79 Å². The monoisotopic (exact) mass is 290 g/mol. The van der Waals surface area contributed by atoms with E-state index >= 15 is 0 Å². The molecule has 0 saturated heterocycles. The van der Waals surface area contributed by atoms with E-state index in [1.165, 1.54) is 17.3 Å². The zero-order chi connectivity index (χ0) is 13.8. The van der Waals surface area contributed by atoms with Crippen LogP contribution in [-0.2, 0) is 0 Å². The molecule has 0 unspecified atom stereocenters. The molecule has 2 rings (SSSR count). The van der Waals surface area contributed by atoms with Crippen molar-refractivity contribution in [2.45, 2.75) is 18.7 Å². The lowest BCUT2D eigenvalue weighted by atomic mass is 10.0. The second-order valence-electron chi connectivity index (χ2n) is 4.49. The number of rotatable bonds is 4. The number of halogens is 1. The topological polar surface area (TPSA) is 17.1 Å². The van der Waals surface area contributed by atoms with Crippen LogP contribution in [0.15, 0.2) is 47.4 Å². The van der Waals surface area contributed by atoms with Crippen molar-refractivity contribution >= 4 is 29.1 Å². The van der Waals surface area contributed by atoms with Gasteiger partial charge in [-0.15, -0.1) is 11.8 Å². The SMILES string of the molecule is Cc1ccc(C(=O)CSc2cccc(Cl)c2)c(C)c1. The smallest absolute Gasteiger partial charge is 0.173 e. The first-order valence-electron chi connectivity index (χ1n) is 6.05. The van der Waals surface area contributed by atoms with E-state index in [4.69, 9.17) is 11.6 Å². The maximum absolute atomic E-state index is 12.2. The summed E-state index contributed by atoms with van der Waals surface area (Å²) in [6.45, 7) is 4.01. The molecule has 0 heterocycles. The molecule has 0 radical (unpaired) electrons. The lowest BCUT2D eigenvalue weighted by molar-refractivity contribution is 0.102. The molecule has 0 saturated carbocycles. The van der Waals surface area contributed by atoms with E-state index in [-0.39, 0.29) is 5.78 Å². The van der Waals surface area contributed by atoms with Gasteiger partial charge in [0.25, 0.3) is 0 Å². The number of Topliss-reactive ketones (excluding diaryl/α,β-unsaturated/α-hetero) is 1. The van der Waals surface area contributed by atoms with E-state index < -0.39 is 0 Å². The molecule has 0 atom stereocenters. The molecule has 2 aromatic rings. The van der Waals surface area contributed by atoms with Gasteiger partial charge in [0, 0.05) is 15.5 Å². The maximum Gasteiger partial charge on any atom is 0.173 e. The van der Waals surface area contributed by atoms with E-state index in [0.29, 0.717) is 10.8 Å². The van der Waals surface area contributed by atoms with E-state index in [2.05, 4.69) is 0 Å². The fourth-order valence-electron chi connectivity index (χ4n) is 1.91. The Kier molecular flexibility index (Phi) is 4.67. The molecule has 0 amide bonds. The first-order chi connectivity index (χ1) is 9.06. The normalized spacial score (nSPS) is 10.5. The first kappa shape index (κ1) is 14.2. The average Bonchev–Trinajstić information content (AvgIpc) is 2.36. The lowest BCUT2D eigenvalue weighted by Crippen LogP contribution is -2.04. The summed E-state index contributed by atoms with van der Waals surface area (Å²) in [4.78, 5) is 13.2. The summed E-state index contributed by atoms with van der Waals surface area (Å²) in [5.74, 6) is 0.590. The number of hydrogen-bond acceptors (Lipinski definition) is 2. The highest BCUT2D eigenvalue weighted by molar-refractivity contribution is 8.00. The van der Waals surface area contributed by atoms with Crippen LogP contribution in [0.5, 0.6) is 0 Å². The van der Waals surface area contributed by atoms with Crippen LogP contribution in [0.3, 0.4) is 0 Å². The largest absolute Gasteiger partial charge is 0.293 e. The van der Waals surface area contributed by atoms with Crippen LogP contribution in [0.25, 0.3) is 0 Å². The molecule has 2 aromatic carbocycles. The van der Waals surface area contributed by atoms with Crippen LogP contribution >= 0.6 is 23.4 Å². The van der Waals surface area contributed by atoms with Gasteiger partial charge in [0.15, 0.2) is 5.78 Å². The van der Waals surface area contributed by atoms with E-state index in [9.17, 15) is 4.79 Å². The maximum atomic E-state index is 12.2. The third kappa shape index (κ3) is 3.85. The zero-order valence-electron chi connectivity index (χ0n) is 10.9. The Hall–Kier alpha value is -1.25. The number of carbonyl (C=O) groups excluding carboxylic acids is 1. The minimum Gasteiger partial charge on any atom is -0.293 e. The molecular formula is C16H15ClOS. The summed E-state index contributed by atoms with van der Waals surface area (Å²) in [7, 11) is 0. The van der Waals surface area contributed by atoms with Crippen molar-refractivity contribution in [3.05, 3.63) is 64.2 Å². The molecule has 19 heavy (non-hydrogen) atoms. The van der Waals surface area contributed by atoms with Gasteiger partial charge in [-0.2, -0.15) is 0 Å². The van der Waals surface area contributed by atoms with Gasteiger partial charge in [-0.05, 0) is 37.6 Å². The number of thioether (sulfide) groups is 1. The third-order valence-electron chi connectivity index (χ3n) is 2.85. The fraction of sp³-hybridized carbons (Fsp3) is 0.188. The molecule has 3 heteroatoms. The van der Waals surface area contributed by atoms with Crippen molar-refractivity contribution in [2.24, 2.45) is 0 Å². The Morgan fingerprint density at radius 1 is 1.16 bits per heavy atom. The molecule has 1 nitrogen and oxygen atoms in total. The molecular weight excluding hydrogens is 276 g/mol. The number of ketones is 1. The summed E-state index contributed by atoms with van der Waals surface area (Å²) < 4.78 is 0. The van der Waals surface area contributed by atoms with Crippen molar-refractivity contribution in [1.82, 2.24) is 0 Å². The van der Waals surface area contributed by atoms with Gasteiger partial charge in [0.05, 0.1) is 5.75 Å². The second-order valence-corrected chi connectivity index (χ2v) is 5.97. The second kappa shape index (κ2) is 6.27. The predicted octanol–water partition coefficient (Wildman–Crippen LogP) is 4.93. The summed E-state index contributed by atoms with van der Waals surface area (Å²) in [6.07, 6.45) is 0. The molecule has 0 spiro atoms. The van der Waals surface area contributed by atoms with E-state index in [1.807, 2.05) is 56.3 Å². The van der Waals surface area contributed by atoms with Gasteiger partial charge in [0.2, 0.25) is 0 Å². The Bertz CT molecular complexity index is 607. The molecule has 0 fully saturated rings. The van der Waals surface area contributed by atoms with Gasteiger partial charge in [-0.3, -0.25) is 4.79 Å². The highest BCUT2D eigenvalue weighted by Crippen LogP contribution is 2.23. The van der Waals surface area contributed by atoms with Gasteiger partial charge in [-0.1, -0.05) is 41.4 Å². The highest BCUT2D eigenvalue weighted by atomic mass is 35.5. The molecule has 0 N–H and O–H groups in total. The third-order valence-corrected chi connectivity index (χ3v) is 4.08. The average molecular weight is 291 g/mol. The van der Waals surface area contributed by atoms with Crippen LogP contribution in [0.4, 0.5) is 0 Å². The standard InChI is InChI=1S/C16H15ClOS/c1-11-6-7-15(12(2)8-11)16(18)10-19-14-5-3-4-13(17)9-14/h3-9H,10H2,1-2H3. The van der Waals surface area contributed by atoms with E-state index in [1.54, 1.807) is 0 Å². The zero-order valence-corrected chi connectivity index (χ0v) is 12.5. The molecule has 0 aliphatic heterocycles. The Balaban J connectivity index is 2.05. The van der Waals surface area contributed by atoms with Crippen LogP contribution in [0, 0.1) is 13.8 Å². The van der Waals surface area contributed by atoms with Crippen LogP contribution in [0.1, 0.15) is 21.5 Å². The highest BCUT2D eigenvalue weighted by Gasteiger charge is 2.09. The minimum absolute atomic E-state index is 0.155. The fourth-order valence-corrected chi connectivity index (χ4v) is 3.00. The van der Waals surface area contributed by atoms with Crippen LogP contribution < -0.4 is 0 Å². The van der Waals surface area contributed by atoms with Crippen molar-refractivity contribution in [1.29, 1.82) is 0 Å². The van der Waals surface area contributed by atoms with Gasteiger partial charge >= 0.3 is 0 Å². The lowest BCUT2D eigenvalue weighted by Gasteiger charge is -2.06. The van der Waals surface area contributed by atoms with Crippen molar-refractivity contribution in [3.63, 3.8) is 0 Å². The predicted molar refractivity (Wildman–Crippen MR) is 82.4 cm³/mol. The number of carbonyl (C=O) groups is 1. The number of benzene rings is 2. The number of aryl methyl sites for hydroxylation is 2. The van der Waals surface area contributed by atoms with Crippen molar-refractivity contribution in [2.75, 3.05) is 5.75 Å². The first-order valence-corrected chi connectivity index (χ1v) is 7.41. The summed E-state index contributed by atoms with van der Waals surface area (Å²) in [6, 6.07) is 13.5. The summed E-state index contributed by atoms with van der Waals surface area (Å²) in [5, 5.41) is 0.698. The molecule has 0 aromatic heterocycles. The Morgan fingerprint density at radius 3 is 2.63 bits per heavy atom. The summed E-state index contributed by atoms with van der Waals surface area (Å²) in [5.41, 5.74) is 3.02. The van der Waals surface area contributed by atoms with Gasteiger partial charge in [0.1, 0.15) is 0 Å². The molecule has 0 aliphatic rings. The summed E-state index contributed by atoms with van der Waals surface area (Å²) >= 11 is 7.44. The molecule has 0 bridgehead atoms. The minimum atomic E-state index is 0.155. The van der Waals surface area contributed by atoms with Crippen molar-refractivity contribution in [3.8, 4) is 0 Å². The van der Waals surface area contributed by atoms with Crippen LogP contribution in [0.2, 0.25) is 5.02 Å². The number of hydrogen-bond donors (Lipinski definition) is 0. The van der Waals surface area contributed by atoms with Gasteiger partial charge in [-0.25, -0.2) is 0 Å².